The third kappa shape index (κ3) is 7.34. The van der Waals surface area contributed by atoms with Crippen molar-refractivity contribution in [2.45, 2.75) is 39.0 Å². The van der Waals surface area contributed by atoms with Crippen molar-refractivity contribution in [1.29, 1.82) is 0 Å². The van der Waals surface area contributed by atoms with E-state index in [0.717, 1.165) is 6.42 Å². The van der Waals surface area contributed by atoms with Gasteiger partial charge in [-0.2, -0.15) is 0 Å². The molecule has 1 aromatic carbocycles. The molecule has 1 aromatic rings. The van der Waals surface area contributed by atoms with Gasteiger partial charge in [-0.05, 0) is 31.9 Å². The van der Waals surface area contributed by atoms with Gasteiger partial charge in [-0.1, -0.05) is 29.6 Å². The van der Waals surface area contributed by atoms with Crippen LogP contribution in [0.1, 0.15) is 39.0 Å². The normalized spacial score (nSPS) is 10.2. The van der Waals surface area contributed by atoms with E-state index in [2.05, 4.69) is 0 Å². The molecule has 0 unspecified atom stereocenters. The minimum atomic E-state index is -0.329. The maximum absolute atomic E-state index is 11.6. The first-order chi connectivity index (χ1) is 10.0. The number of hydrogen-bond acceptors (Lipinski definition) is 4. The molecule has 4 nitrogen and oxygen atoms in total. The van der Waals surface area contributed by atoms with Crippen LogP contribution in [-0.2, 0) is 14.3 Å². The van der Waals surface area contributed by atoms with Crippen LogP contribution >= 0.6 is 23.2 Å². The summed E-state index contributed by atoms with van der Waals surface area (Å²) in [6.45, 7) is 2.17. The number of unbranched alkanes of at least 4 members (excludes halogenated alkanes) is 2. The predicted octanol–water partition coefficient (Wildman–Crippen LogP) is 4.41. The van der Waals surface area contributed by atoms with Gasteiger partial charge < -0.3 is 9.47 Å². The quantitative estimate of drug-likeness (QED) is 0.402. The minimum Gasteiger partial charge on any atom is -0.466 e. The smallest absolute Gasteiger partial charge is 0.311 e. The highest BCUT2D eigenvalue weighted by atomic mass is 35.5. The predicted molar refractivity (Wildman–Crippen MR) is 81.8 cm³/mol. The fraction of sp³-hybridized carbons (Fsp3) is 0.467. The lowest BCUT2D eigenvalue weighted by molar-refractivity contribution is -0.143. The molecule has 0 radical (unpaired) electrons. The Labute approximate surface area is 134 Å². The van der Waals surface area contributed by atoms with Crippen LogP contribution in [0.25, 0.3) is 0 Å². The molecule has 0 aromatic heterocycles. The second-order valence-electron chi connectivity index (χ2n) is 4.42. The van der Waals surface area contributed by atoms with E-state index in [0.29, 0.717) is 48.1 Å². The monoisotopic (exact) mass is 332 g/mol. The molecule has 0 heterocycles. The van der Waals surface area contributed by atoms with E-state index in [-0.39, 0.29) is 11.9 Å². The first kappa shape index (κ1) is 17.8. The maximum Gasteiger partial charge on any atom is 0.311 e. The second-order valence-corrected chi connectivity index (χ2v) is 5.23. The van der Waals surface area contributed by atoms with Gasteiger partial charge in [0, 0.05) is 18.9 Å². The number of ether oxygens (including phenoxy) is 2. The summed E-state index contributed by atoms with van der Waals surface area (Å²) in [7, 11) is 0. The Morgan fingerprint density at radius 1 is 1.00 bits per heavy atom. The van der Waals surface area contributed by atoms with E-state index in [1.54, 1.807) is 19.1 Å². The molecule has 0 saturated heterocycles. The Morgan fingerprint density at radius 2 is 1.67 bits per heavy atom. The van der Waals surface area contributed by atoms with Gasteiger partial charge in [0.1, 0.15) is 5.75 Å². The SMILES string of the molecule is CCOC(=O)CCCCCC(=O)Oc1ccc(Cl)c(Cl)c1. The van der Waals surface area contributed by atoms with Crippen LogP contribution < -0.4 is 4.74 Å². The summed E-state index contributed by atoms with van der Waals surface area (Å²) in [5.74, 6) is -0.152. The summed E-state index contributed by atoms with van der Waals surface area (Å²) < 4.78 is 9.96. The van der Waals surface area contributed by atoms with E-state index in [9.17, 15) is 9.59 Å². The van der Waals surface area contributed by atoms with Gasteiger partial charge >= 0.3 is 11.9 Å². The molecule has 0 spiro atoms. The number of hydrogen-bond donors (Lipinski definition) is 0. The Hall–Kier alpha value is -1.26. The largest absolute Gasteiger partial charge is 0.466 e. The van der Waals surface area contributed by atoms with Gasteiger partial charge in [-0.15, -0.1) is 0 Å². The van der Waals surface area contributed by atoms with E-state index >= 15 is 0 Å². The van der Waals surface area contributed by atoms with Crippen LogP contribution in [0.5, 0.6) is 5.75 Å². The number of rotatable bonds is 8. The van der Waals surface area contributed by atoms with Crippen LogP contribution in [0.4, 0.5) is 0 Å². The van der Waals surface area contributed by atoms with Gasteiger partial charge in [-0.3, -0.25) is 9.59 Å². The third-order valence-electron chi connectivity index (χ3n) is 2.69. The zero-order chi connectivity index (χ0) is 15.7. The summed E-state index contributed by atoms with van der Waals surface area (Å²) in [5, 5.41) is 0.756. The van der Waals surface area contributed by atoms with E-state index in [4.69, 9.17) is 32.7 Å². The first-order valence-corrected chi connectivity index (χ1v) is 7.60. The fourth-order valence-electron chi connectivity index (χ4n) is 1.67. The number of carbonyl (C=O) groups is 2. The van der Waals surface area contributed by atoms with Gasteiger partial charge in [0.2, 0.25) is 0 Å². The lowest BCUT2D eigenvalue weighted by Crippen LogP contribution is -2.08. The molecule has 1 rings (SSSR count). The molecular weight excluding hydrogens is 315 g/mol. The number of halogens is 2. The molecule has 6 heteroatoms. The molecule has 0 atom stereocenters. The van der Waals surface area contributed by atoms with Crippen LogP contribution in [0.3, 0.4) is 0 Å². The van der Waals surface area contributed by atoms with Gasteiger partial charge in [-0.25, -0.2) is 0 Å². The van der Waals surface area contributed by atoms with Crippen molar-refractivity contribution in [2.24, 2.45) is 0 Å². The van der Waals surface area contributed by atoms with Crippen molar-refractivity contribution in [1.82, 2.24) is 0 Å². The van der Waals surface area contributed by atoms with Gasteiger partial charge in [0.15, 0.2) is 0 Å². The molecule has 0 fully saturated rings. The van der Waals surface area contributed by atoms with Gasteiger partial charge in [0.05, 0.1) is 16.7 Å². The molecule has 116 valence electrons. The standard InChI is InChI=1S/C15H18Cl2O4/c1-2-20-14(18)6-4-3-5-7-15(19)21-11-8-9-12(16)13(17)10-11/h8-10H,2-7H2,1H3. The molecular formula is C15H18Cl2O4. The summed E-state index contributed by atoms with van der Waals surface area (Å²) in [6, 6.07) is 4.67. The van der Waals surface area contributed by atoms with Crippen LogP contribution in [-0.4, -0.2) is 18.5 Å². The summed E-state index contributed by atoms with van der Waals surface area (Å²) in [4.78, 5) is 22.7. The van der Waals surface area contributed by atoms with Gasteiger partial charge in [0.25, 0.3) is 0 Å². The van der Waals surface area contributed by atoms with Crippen molar-refractivity contribution in [3.8, 4) is 5.75 Å². The second kappa shape index (κ2) is 9.64. The maximum atomic E-state index is 11.6. The molecule has 0 aliphatic rings. The number of benzene rings is 1. The Kier molecular flexibility index (Phi) is 8.16. The number of carbonyl (C=O) groups excluding carboxylic acids is 2. The average Bonchev–Trinajstić information content (AvgIpc) is 2.43. The number of esters is 2. The lowest BCUT2D eigenvalue weighted by Gasteiger charge is -2.05. The van der Waals surface area contributed by atoms with Crippen LogP contribution in [0.2, 0.25) is 10.0 Å². The lowest BCUT2D eigenvalue weighted by atomic mass is 10.1. The van der Waals surface area contributed by atoms with Crippen molar-refractivity contribution >= 4 is 35.1 Å². The highest BCUT2D eigenvalue weighted by molar-refractivity contribution is 6.42. The molecule has 0 bridgehead atoms. The fourth-order valence-corrected chi connectivity index (χ4v) is 1.96. The van der Waals surface area contributed by atoms with E-state index in [1.807, 2.05) is 0 Å². The first-order valence-electron chi connectivity index (χ1n) is 6.84. The van der Waals surface area contributed by atoms with Crippen LogP contribution in [0, 0.1) is 0 Å². The van der Waals surface area contributed by atoms with E-state index in [1.165, 1.54) is 6.07 Å². The molecule has 0 N–H and O–H groups in total. The summed E-state index contributed by atoms with van der Waals surface area (Å²) in [5.41, 5.74) is 0. The zero-order valence-corrected chi connectivity index (χ0v) is 13.4. The molecule has 0 amide bonds. The third-order valence-corrected chi connectivity index (χ3v) is 3.43. The Balaban J connectivity index is 2.19. The topological polar surface area (TPSA) is 52.6 Å². The van der Waals surface area contributed by atoms with Crippen LogP contribution in [0.15, 0.2) is 18.2 Å². The molecule has 0 aliphatic heterocycles. The van der Waals surface area contributed by atoms with Crippen molar-refractivity contribution < 1.29 is 19.1 Å². The zero-order valence-electron chi connectivity index (χ0n) is 11.9. The van der Waals surface area contributed by atoms with Crippen molar-refractivity contribution in [3.63, 3.8) is 0 Å². The van der Waals surface area contributed by atoms with E-state index < -0.39 is 0 Å². The van der Waals surface area contributed by atoms with Crippen molar-refractivity contribution in [3.05, 3.63) is 28.2 Å². The summed E-state index contributed by atoms with van der Waals surface area (Å²) >= 11 is 11.6. The summed E-state index contributed by atoms with van der Waals surface area (Å²) in [6.07, 6.45) is 2.83. The Morgan fingerprint density at radius 3 is 2.29 bits per heavy atom. The Bertz CT molecular complexity index is 489. The molecule has 21 heavy (non-hydrogen) atoms. The molecule has 0 aliphatic carbocycles. The molecule has 0 saturated carbocycles. The van der Waals surface area contributed by atoms with Crippen molar-refractivity contribution in [2.75, 3.05) is 6.61 Å². The average molecular weight is 333 g/mol. The highest BCUT2D eigenvalue weighted by Gasteiger charge is 2.07. The minimum absolute atomic E-state index is 0.198. The highest BCUT2D eigenvalue weighted by Crippen LogP contribution is 2.26.